The van der Waals surface area contributed by atoms with Crippen LogP contribution in [0.25, 0.3) is 0 Å². The third-order valence-electron chi connectivity index (χ3n) is 3.68. The van der Waals surface area contributed by atoms with Crippen LogP contribution in [0.1, 0.15) is 13.2 Å². The second-order valence-corrected chi connectivity index (χ2v) is 11.4. The molecule has 0 radical (unpaired) electrons. The van der Waals surface area contributed by atoms with Crippen LogP contribution in [-0.4, -0.2) is 57.7 Å². The fraction of sp³-hybridized carbons (Fsp3) is 0.600. The Balaban J connectivity index is 2.22. The first-order chi connectivity index (χ1) is 13.8. The summed E-state index contributed by atoms with van der Waals surface area (Å²) in [6.45, 7) is -0.664. The van der Waals surface area contributed by atoms with Crippen LogP contribution in [0.5, 0.6) is 0 Å². The van der Waals surface area contributed by atoms with E-state index in [-0.39, 0.29) is 0 Å². The van der Waals surface area contributed by atoms with E-state index in [0.717, 1.165) is 19.2 Å². The van der Waals surface area contributed by atoms with Gasteiger partial charge in [0.1, 0.15) is 17.6 Å². The van der Waals surface area contributed by atoms with Gasteiger partial charge in [-0.2, -0.15) is 8.62 Å². The molecule has 31 heavy (non-hydrogen) atoms. The number of phosphoric ester groups is 1. The normalized spacial score (nSPS) is 33.0. The van der Waals surface area contributed by atoms with Gasteiger partial charge in [-0.25, -0.2) is 22.9 Å². The maximum absolute atomic E-state index is 15.1. The van der Waals surface area contributed by atoms with Crippen LogP contribution >= 0.6 is 35.1 Å². The van der Waals surface area contributed by atoms with Gasteiger partial charge in [-0.1, -0.05) is 0 Å². The quantitative estimate of drug-likeness (QED) is 0.181. The molecule has 21 heteroatoms. The van der Waals surface area contributed by atoms with E-state index in [1.165, 1.54) is 0 Å². The number of nitrogens with zero attached hydrogens (tertiary/aromatic N) is 1. The van der Waals surface area contributed by atoms with Crippen molar-refractivity contribution in [2.75, 3.05) is 6.61 Å². The summed E-state index contributed by atoms with van der Waals surface area (Å²) in [4.78, 5) is 58.2. The predicted molar refractivity (Wildman–Crippen MR) is 95.4 cm³/mol. The van der Waals surface area contributed by atoms with E-state index in [2.05, 4.69) is 13.1 Å². The van der Waals surface area contributed by atoms with Crippen molar-refractivity contribution in [3.63, 3.8) is 0 Å². The lowest BCUT2D eigenvalue weighted by molar-refractivity contribution is -0.204. The molecule has 2 heterocycles. The molecule has 1 aromatic heterocycles. The molecule has 0 amide bonds. The van der Waals surface area contributed by atoms with Crippen LogP contribution in [0.3, 0.4) is 0 Å². The Morgan fingerprint density at radius 2 is 1.81 bits per heavy atom. The summed E-state index contributed by atoms with van der Waals surface area (Å²) in [5, 5.41) is 10.2. The van der Waals surface area contributed by atoms with E-state index in [9.17, 15) is 33.3 Å². The van der Waals surface area contributed by atoms with Gasteiger partial charge in [0.25, 0.3) is 11.4 Å². The average Bonchev–Trinajstić information content (AvgIpc) is 2.71. The number of halogens is 2. The Hall–Kier alpha value is -0.770. The van der Waals surface area contributed by atoms with E-state index in [0.29, 0.717) is 4.57 Å². The van der Waals surface area contributed by atoms with Gasteiger partial charge in [-0.05, 0) is 6.92 Å². The molecule has 1 saturated heterocycles. The lowest BCUT2D eigenvalue weighted by Crippen LogP contribution is -2.46. The number of alkyl halides is 2. The summed E-state index contributed by atoms with van der Waals surface area (Å²) in [5.74, 6) is -3.41. The number of H-pyrrole nitrogens is 1. The smallest absolute Gasteiger partial charge is 0.385 e. The molecule has 16 nitrogen and oxygen atoms in total. The van der Waals surface area contributed by atoms with Gasteiger partial charge in [0, 0.05) is 12.3 Å². The molecule has 3 unspecified atom stereocenters. The largest absolute Gasteiger partial charge is 0.490 e. The van der Waals surface area contributed by atoms with Crippen molar-refractivity contribution in [1.29, 1.82) is 0 Å². The Labute approximate surface area is 175 Å². The molecular weight excluding hydrogens is 519 g/mol. The van der Waals surface area contributed by atoms with Crippen LogP contribution in [0.2, 0.25) is 0 Å². The van der Waals surface area contributed by atoms with Crippen molar-refractivity contribution in [2.24, 2.45) is 0 Å². The molecule has 1 fully saturated rings. The van der Waals surface area contributed by atoms with E-state index < -0.39 is 64.4 Å². The maximum atomic E-state index is 15.1. The maximum Gasteiger partial charge on any atom is 0.490 e. The van der Waals surface area contributed by atoms with Crippen molar-refractivity contribution in [3.05, 3.63) is 33.1 Å². The van der Waals surface area contributed by atoms with Gasteiger partial charge >= 0.3 is 29.2 Å². The molecule has 2 rings (SSSR count). The molecule has 0 saturated carbocycles. The zero-order chi connectivity index (χ0) is 24.0. The Kier molecular flexibility index (Phi) is 7.29. The van der Waals surface area contributed by atoms with Crippen LogP contribution in [0.15, 0.2) is 21.9 Å². The number of aliphatic hydroxyl groups excluding tert-OH is 1. The summed E-state index contributed by atoms with van der Waals surface area (Å²) in [6.07, 6.45) is -3.27. The molecular formula is C10H15ClFN2O14P3. The van der Waals surface area contributed by atoms with Gasteiger partial charge < -0.3 is 29.4 Å². The lowest BCUT2D eigenvalue weighted by atomic mass is 10.00. The van der Waals surface area contributed by atoms with Gasteiger partial charge in [0.15, 0.2) is 6.23 Å². The Morgan fingerprint density at radius 3 is 2.32 bits per heavy atom. The summed E-state index contributed by atoms with van der Waals surface area (Å²) < 4.78 is 65.3. The second kappa shape index (κ2) is 8.54. The van der Waals surface area contributed by atoms with Crippen LogP contribution in [0.4, 0.5) is 4.39 Å². The first kappa shape index (κ1) is 26.5. The Bertz CT molecular complexity index is 1100. The van der Waals surface area contributed by atoms with E-state index in [1.807, 2.05) is 4.98 Å². The van der Waals surface area contributed by atoms with Gasteiger partial charge in [0.05, 0.1) is 0 Å². The molecule has 1 aliphatic rings. The van der Waals surface area contributed by atoms with E-state index >= 15 is 4.39 Å². The number of phosphoric acid groups is 3. The minimum atomic E-state index is -5.86. The van der Waals surface area contributed by atoms with E-state index in [1.54, 1.807) is 0 Å². The zero-order valence-electron chi connectivity index (χ0n) is 15.0. The fourth-order valence-corrected chi connectivity index (χ4v) is 5.79. The predicted octanol–water partition coefficient (Wildman–Crippen LogP) is -0.567. The molecule has 0 aromatic carbocycles. The van der Waals surface area contributed by atoms with Crippen molar-refractivity contribution >= 4 is 35.1 Å². The molecule has 0 spiro atoms. The molecule has 6 N–H and O–H groups in total. The van der Waals surface area contributed by atoms with Crippen LogP contribution in [-0.2, 0) is 31.6 Å². The average molecular weight is 535 g/mol. The number of hydrogen-bond donors (Lipinski definition) is 6. The third kappa shape index (κ3) is 6.39. The molecule has 6 atom stereocenters. The third-order valence-corrected chi connectivity index (χ3v) is 7.85. The molecule has 178 valence electrons. The monoisotopic (exact) mass is 534 g/mol. The van der Waals surface area contributed by atoms with Crippen molar-refractivity contribution in [2.45, 2.75) is 30.0 Å². The SMILES string of the molecule is C[C@]1(Cl)C(n2ccc(=O)[nH]c2=O)O[C@](F)(COP(=O)(O)OP(=O)(O)OP(=O)(O)O)[C@H]1O. The van der Waals surface area contributed by atoms with Gasteiger partial charge in [-0.15, -0.1) is 11.6 Å². The number of nitrogens with one attached hydrogen (secondary N) is 1. The van der Waals surface area contributed by atoms with Crippen LogP contribution < -0.4 is 11.2 Å². The highest BCUT2D eigenvalue weighted by Gasteiger charge is 2.63. The second-order valence-electron chi connectivity index (χ2n) is 6.19. The molecule has 1 aromatic rings. The minimum Gasteiger partial charge on any atom is -0.385 e. The van der Waals surface area contributed by atoms with Gasteiger partial charge in [0.2, 0.25) is 0 Å². The minimum absolute atomic E-state index is 0.601. The number of aromatic nitrogens is 2. The summed E-state index contributed by atoms with van der Waals surface area (Å²) >= 11 is 6.07. The van der Waals surface area contributed by atoms with Crippen molar-refractivity contribution in [3.8, 4) is 0 Å². The first-order valence-electron chi connectivity index (χ1n) is 7.62. The van der Waals surface area contributed by atoms with E-state index in [4.69, 9.17) is 31.0 Å². The highest BCUT2D eigenvalue weighted by molar-refractivity contribution is 7.66. The molecule has 0 bridgehead atoms. The van der Waals surface area contributed by atoms with Gasteiger partial charge in [-0.3, -0.25) is 18.9 Å². The number of ether oxygens (including phenoxy) is 1. The number of aromatic amines is 1. The molecule has 0 aliphatic carbocycles. The zero-order valence-corrected chi connectivity index (χ0v) is 18.4. The Morgan fingerprint density at radius 1 is 1.23 bits per heavy atom. The number of aliphatic hydroxyl groups is 1. The number of hydrogen-bond acceptors (Lipinski definition) is 10. The first-order valence-corrected chi connectivity index (χ1v) is 12.5. The number of rotatable bonds is 8. The highest BCUT2D eigenvalue weighted by atomic mass is 35.5. The summed E-state index contributed by atoms with van der Waals surface area (Å²) in [6, 6.07) is 0.856. The lowest BCUT2D eigenvalue weighted by Gasteiger charge is -2.27. The van der Waals surface area contributed by atoms with Crippen molar-refractivity contribution in [1.82, 2.24) is 9.55 Å². The molecule has 1 aliphatic heterocycles. The van der Waals surface area contributed by atoms with Crippen molar-refractivity contribution < 1.29 is 60.6 Å². The summed E-state index contributed by atoms with van der Waals surface area (Å²) in [7, 11) is -17.2. The standard InChI is InChI=1S/C10H15ClFN2O14P3/c1-9(11)6(16)10(12,26-7(9)14-3-2-5(15)13-8(14)17)4-25-30(21,22)28-31(23,24)27-29(18,19)20/h2-3,6-7,16H,4H2,1H3,(H,21,22)(H,23,24)(H,13,15,17)(H2,18,19,20)/t6-,7?,9+,10+/m0/s1. The highest BCUT2D eigenvalue weighted by Crippen LogP contribution is 2.66. The topological polar surface area (TPSA) is 244 Å². The summed E-state index contributed by atoms with van der Waals surface area (Å²) in [5.41, 5.74) is -1.91. The van der Waals surface area contributed by atoms with Crippen LogP contribution in [0, 0.1) is 0 Å². The fourth-order valence-electron chi connectivity index (χ4n) is 2.45.